The van der Waals surface area contributed by atoms with Crippen LogP contribution in [0.1, 0.15) is 64.3 Å². The summed E-state index contributed by atoms with van der Waals surface area (Å²) >= 11 is 1.77. The zero-order chi connectivity index (χ0) is 21.6. The molecule has 174 valence electrons. The van der Waals surface area contributed by atoms with Gasteiger partial charge in [-0.05, 0) is 56.2 Å². The topological polar surface area (TPSA) is 66.1 Å². The van der Waals surface area contributed by atoms with E-state index in [1.54, 1.807) is 11.3 Å². The molecule has 0 radical (unpaired) electrons. The Morgan fingerprint density at radius 1 is 1.03 bits per heavy atom. The molecule has 0 bridgehead atoms. The Hall–Kier alpha value is -1.96. The van der Waals surface area contributed by atoms with Crippen LogP contribution in [0.15, 0.2) is 23.8 Å². The smallest absolute Gasteiger partial charge is 0.185 e. The second-order valence-electron chi connectivity index (χ2n) is 9.13. The first-order chi connectivity index (χ1) is 15.9. The lowest BCUT2D eigenvalue weighted by atomic mass is 9.84. The van der Waals surface area contributed by atoms with Gasteiger partial charge < -0.3 is 19.9 Å². The average Bonchev–Trinajstić information content (AvgIpc) is 3.57. The van der Waals surface area contributed by atoms with Crippen LogP contribution in [-0.4, -0.2) is 54.3 Å². The maximum absolute atomic E-state index is 5.13. The molecular formula is C25H37N5OS. The Labute approximate surface area is 196 Å². The minimum atomic E-state index is 0. The summed E-state index contributed by atoms with van der Waals surface area (Å²) in [7, 11) is 0. The summed E-state index contributed by atoms with van der Waals surface area (Å²) in [5.74, 6) is 0.684. The third-order valence-corrected chi connectivity index (χ3v) is 7.74. The van der Waals surface area contributed by atoms with Gasteiger partial charge in [0, 0.05) is 56.4 Å². The second kappa shape index (κ2) is 10.8. The van der Waals surface area contributed by atoms with Crippen LogP contribution in [0, 0.1) is 0 Å². The van der Waals surface area contributed by atoms with Crippen molar-refractivity contribution < 1.29 is 6.16 Å². The summed E-state index contributed by atoms with van der Waals surface area (Å²) < 4.78 is 5.13. The van der Waals surface area contributed by atoms with Crippen molar-refractivity contribution in [3.05, 3.63) is 29.4 Å². The minimum Gasteiger partial charge on any atom is -0.380 e. The zero-order valence-electron chi connectivity index (χ0n) is 18.9. The van der Waals surface area contributed by atoms with Crippen molar-refractivity contribution in [2.24, 2.45) is 0 Å². The lowest BCUT2D eigenvalue weighted by Gasteiger charge is -2.21. The van der Waals surface area contributed by atoms with Gasteiger partial charge >= 0.3 is 0 Å². The predicted octanol–water partition coefficient (Wildman–Crippen LogP) is 5.58. The van der Waals surface area contributed by atoms with E-state index in [2.05, 4.69) is 39.0 Å². The fourth-order valence-corrected chi connectivity index (χ4v) is 5.88. The molecule has 1 saturated carbocycles. The van der Waals surface area contributed by atoms with Gasteiger partial charge in [-0.15, -0.1) is 11.3 Å². The molecule has 0 spiro atoms. The molecule has 7 heteroatoms. The number of hydrogen-bond donors (Lipinski definition) is 2. The largest absolute Gasteiger partial charge is 0.380 e. The molecule has 2 saturated heterocycles. The number of rotatable bonds is 3. The third-order valence-electron chi connectivity index (χ3n) is 6.84. The Morgan fingerprint density at radius 3 is 2.78 bits per heavy atom. The summed E-state index contributed by atoms with van der Waals surface area (Å²) in [5.41, 5.74) is 4.66. The average molecular weight is 456 g/mol. The molecule has 6 rings (SSSR count). The number of fused-ring (bicyclic) bond motifs is 1. The molecule has 0 atom stereocenters. The van der Waals surface area contributed by atoms with Crippen LogP contribution in [0.5, 0.6) is 0 Å². The van der Waals surface area contributed by atoms with Crippen LogP contribution in [-0.2, 0) is 4.74 Å². The zero-order valence-corrected chi connectivity index (χ0v) is 19.8. The van der Waals surface area contributed by atoms with Crippen molar-refractivity contribution >= 4 is 27.5 Å². The van der Waals surface area contributed by atoms with Gasteiger partial charge in [0.15, 0.2) is 5.13 Å². The minimum absolute atomic E-state index is 0. The third kappa shape index (κ3) is 5.16. The van der Waals surface area contributed by atoms with Gasteiger partial charge in [-0.3, -0.25) is 0 Å². The van der Waals surface area contributed by atoms with Gasteiger partial charge in [0.2, 0.25) is 0 Å². The van der Waals surface area contributed by atoms with E-state index in [1.165, 1.54) is 73.0 Å². The molecule has 32 heavy (non-hydrogen) atoms. The van der Waals surface area contributed by atoms with E-state index in [4.69, 9.17) is 14.7 Å². The maximum Gasteiger partial charge on any atom is 0.185 e. The molecule has 3 aromatic rings. The van der Waals surface area contributed by atoms with E-state index in [-0.39, 0.29) is 1.43 Å². The Morgan fingerprint density at radius 2 is 1.91 bits per heavy atom. The molecule has 5 heterocycles. The summed E-state index contributed by atoms with van der Waals surface area (Å²) in [6.07, 6.45) is 14.6. The van der Waals surface area contributed by atoms with E-state index in [9.17, 15) is 0 Å². The monoisotopic (exact) mass is 455 g/mol. The van der Waals surface area contributed by atoms with Gasteiger partial charge in [0.05, 0.1) is 12.3 Å². The van der Waals surface area contributed by atoms with Crippen LogP contribution in [0.4, 0.5) is 5.13 Å². The first-order valence-electron chi connectivity index (χ1n) is 12.3. The Balaban J connectivity index is 0.000000280. The lowest BCUT2D eigenvalue weighted by molar-refractivity contribution is 0.151. The number of aromatic nitrogens is 3. The summed E-state index contributed by atoms with van der Waals surface area (Å²) in [4.78, 5) is 15.4. The molecule has 3 aliphatic rings. The first kappa shape index (κ1) is 21.9. The van der Waals surface area contributed by atoms with Crippen molar-refractivity contribution in [2.45, 2.75) is 57.3 Å². The molecule has 0 unspecified atom stereocenters. The highest BCUT2D eigenvalue weighted by atomic mass is 32.1. The number of anilines is 1. The van der Waals surface area contributed by atoms with E-state index in [1.807, 2.05) is 0 Å². The second-order valence-corrected chi connectivity index (χ2v) is 9.96. The number of nitrogens with one attached hydrogen (secondary N) is 2. The Kier molecular flexibility index (Phi) is 7.36. The van der Waals surface area contributed by atoms with Crippen molar-refractivity contribution in [2.75, 3.05) is 44.3 Å². The van der Waals surface area contributed by atoms with E-state index < -0.39 is 0 Å². The highest BCUT2D eigenvalue weighted by Crippen LogP contribution is 2.37. The maximum atomic E-state index is 5.13. The molecule has 2 aliphatic heterocycles. The van der Waals surface area contributed by atoms with Crippen LogP contribution in [0.3, 0.4) is 0 Å². The number of nitrogens with zero attached hydrogens (tertiary/aromatic N) is 3. The lowest BCUT2D eigenvalue weighted by Crippen LogP contribution is -2.17. The molecule has 1 aliphatic carbocycles. The van der Waals surface area contributed by atoms with Crippen LogP contribution < -0.4 is 10.2 Å². The fraction of sp³-hybridized carbons (Fsp3) is 0.600. The normalized spacial score (nSPS) is 20.2. The molecule has 0 aromatic carbocycles. The molecular weight excluding hydrogens is 418 g/mol. The standard InChI is InChI=1S/C20H24N4S.C5H11NO.H2/c1-2-6-14(7-3-1)15-10-16-17(12-22-19(16)21-11-15)18-13-25-20(23-18)24-8-4-5-9-24;1-2-6-3-5-7-4-1;/h10-14H,1-9H2,(H,21,22);6H,1-5H2;1H. The summed E-state index contributed by atoms with van der Waals surface area (Å²) in [6.45, 7) is 6.27. The molecule has 6 nitrogen and oxygen atoms in total. The number of pyridine rings is 1. The van der Waals surface area contributed by atoms with Gasteiger partial charge in [-0.1, -0.05) is 19.3 Å². The summed E-state index contributed by atoms with van der Waals surface area (Å²) in [5, 5.41) is 7.81. The highest BCUT2D eigenvalue weighted by molar-refractivity contribution is 7.14. The van der Waals surface area contributed by atoms with E-state index >= 15 is 0 Å². The molecule has 0 amide bonds. The number of ether oxygens (including phenoxy) is 1. The first-order valence-corrected chi connectivity index (χ1v) is 13.2. The van der Waals surface area contributed by atoms with Crippen LogP contribution >= 0.6 is 11.3 Å². The molecule has 3 fully saturated rings. The van der Waals surface area contributed by atoms with Gasteiger partial charge in [-0.25, -0.2) is 9.97 Å². The van der Waals surface area contributed by atoms with Crippen LogP contribution in [0.25, 0.3) is 22.3 Å². The number of aromatic amines is 1. The number of thiazole rings is 1. The van der Waals surface area contributed by atoms with Crippen molar-refractivity contribution in [1.29, 1.82) is 0 Å². The highest BCUT2D eigenvalue weighted by Gasteiger charge is 2.20. The summed E-state index contributed by atoms with van der Waals surface area (Å²) in [6, 6.07) is 2.36. The number of hydrogen-bond acceptors (Lipinski definition) is 6. The van der Waals surface area contributed by atoms with Gasteiger partial charge in [0.1, 0.15) is 5.65 Å². The van der Waals surface area contributed by atoms with Crippen molar-refractivity contribution in [1.82, 2.24) is 20.3 Å². The molecule has 2 N–H and O–H groups in total. The van der Waals surface area contributed by atoms with Gasteiger partial charge in [0.25, 0.3) is 0 Å². The number of H-pyrrole nitrogens is 1. The van der Waals surface area contributed by atoms with Crippen LogP contribution in [0.2, 0.25) is 0 Å². The van der Waals surface area contributed by atoms with Crippen molar-refractivity contribution in [3.8, 4) is 11.3 Å². The quantitative estimate of drug-likeness (QED) is 0.540. The Bertz CT molecular complexity index is 974. The molecule has 3 aromatic heterocycles. The van der Waals surface area contributed by atoms with Crippen molar-refractivity contribution in [3.63, 3.8) is 0 Å². The SMILES string of the molecule is C1CNCCOC1.[HH].c1nc2[nH]cc(-c3csc(N4CCCC4)n3)c2cc1C1CCCCC1. The van der Waals surface area contributed by atoms with Gasteiger partial charge in [-0.2, -0.15) is 0 Å². The van der Waals surface area contributed by atoms with E-state index in [0.29, 0.717) is 5.92 Å². The fourth-order valence-electron chi connectivity index (χ4n) is 5.00. The predicted molar refractivity (Wildman–Crippen MR) is 135 cm³/mol. The van der Waals surface area contributed by atoms with E-state index in [0.717, 1.165) is 50.7 Å².